The predicted octanol–water partition coefficient (Wildman–Crippen LogP) is 2.75. The fraction of sp³-hybridized carbons (Fsp3) is 0.647. The minimum Gasteiger partial charge on any atom is -0.492 e. The molecule has 116 valence electrons. The number of piperidine rings is 1. The Labute approximate surface area is 127 Å². The van der Waals surface area contributed by atoms with Gasteiger partial charge < -0.3 is 14.8 Å². The van der Waals surface area contributed by atoms with Gasteiger partial charge in [-0.25, -0.2) is 0 Å². The maximum absolute atomic E-state index is 5.90. The molecule has 2 fully saturated rings. The summed E-state index contributed by atoms with van der Waals surface area (Å²) < 4.78 is 11.3. The summed E-state index contributed by atoms with van der Waals surface area (Å²) in [6.45, 7) is 5.94. The number of nitrogens with zero attached hydrogens (tertiary/aromatic N) is 1. The van der Waals surface area contributed by atoms with E-state index in [2.05, 4.69) is 22.3 Å². The summed E-state index contributed by atoms with van der Waals surface area (Å²) >= 11 is 0. The van der Waals surface area contributed by atoms with Crippen molar-refractivity contribution in [2.45, 2.75) is 31.7 Å². The van der Waals surface area contributed by atoms with Crippen molar-refractivity contribution in [3.63, 3.8) is 0 Å². The van der Waals surface area contributed by atoms with Gasteiger partial charge in [0.15, 0.2) is 0 Å². The third-order valence-corrected chi connectivity index (χ3v) is 4.26. The second-order valence-electron chi connectivity index (χ2n) is 5.98. The van der Waals surface area contributed by atoms with Gasteiger partial charge in [-0.15, -0.1) is 0 Å². The van der Waals surface area contributed by atoms with Crippen LogP contribution in [0, 0.1) is 0 Å². The Hall–Kier alpha value is -1.26. The lowest BCUT2D eigenvalue weighted by molar-refractivity contribution is 0.183. The molecule has 21 heavy (non-hydrogen) atoms. The van der Waals surface area contributed by atoms with E-state index in [9.17, 15) is 0 Å². The van der Waals surface area contributed by atoms with Crippen LogP contribution in [0.1, 0.15) is 25.7 Å². The number of rotatable bonds is 6. The van der Waals surface area contributed by atoms with Crippen LogP contribution in [-0.2, 0) is 4.74 Å². The van der Waals surface area contributed by atoms with Crippen LogP contribution in [-0.4, -0.2) is 50.4 Å². The number of nitrogens with one attached hydrogen (secondary N) is 1. The minimum absolute atomic E-state index is 0.439. The van der Waals surface area contributed by atoms with E-state index >= 15 is 0 Å². The SMILES string of the molecule is c1cc(NC2CCOC2)cc(OCCN2CCCCC2)c1. The number of hydrogen-bond acceptors (Lipinski definition) is 4. The minimum atomic E-state index is 0.439. The van der Waals surface area contributed by atoms with Gasteiger partial charge >= 0.3 is 0 Å². The van der Waals surface area contributed by atoms with Gasteiger partial charge in [-0.1, -0.05) is 12.5 Å². The molecular formula is C17H26N2O2. The number of benzene rings is 1. The Morgan fingerprint density at radius 3 is 2.95 bits per heavy atom. The molecule has 1 aromatic carbocycles. The molecule has 0 spiro atoms. The largest absolute Gasteiger partial charge is 0.492 e. The quantitative estimate of drug-likeness (QED) is 0.873. The molecule has 1 aromatic rings. The van der Waals surface area contributed by atoms with Gasteiger partial charge in [-0.05, 0) is 44.5 Å². The lowest BCUT2D eigenvalue weighted by atomic mass is 10.1. The standard InChI is InChI=1S/C17H26N2O2/c1-2-8-19(9-3-1)10-12-21-17-6-4-5-15(13-17)18-16-7-11-20-14-16/h4-6,13,16,18H,1-3,7-12,14H2. The first kappa shape index (κ1) is 14.7. The molecule has 3 rings (SSSR count). The molecule has 4 heteroatoms. The molecular weight excluding hydrogens is 264 g/mol. The van der Waals surface area contributed by atoms with Crippen LogP contribution in [0.5, 0.6) is 5.75 Å². The molecule has 2 aliphatic heterocycles. The third-order valence-electron chi connectivity index (χ3n) is 4.26. The average Bonchev–Trinajstić information content (AvgIpc) is 3.02. The molecule has 1 unspecified atom stereocenters. The van der Waals surface area contributed by atoms with Crippen LogP contribution in [0.3, 0.4) is 0 Å². The smallest absolute Gasteiger partial charge is 0.121 e. The average molecular weight is 290 g/mol. The van der Waals surface area contributed by atoms with E-state index in [-0.39, 0.29) is 0 Å². The van der Waals surface area contributed by atoms with Crippen molar-refractivity contribution < 1.29 is 9.47 Å². The van der Waals surface area contributed by atoms with Crippen molar-refractivity contribution >= 4 is 5.69 Å². The third kappa shape index (κ3) is 4.61. The Balaban J connectivity index is 1.44. The van der Waals surface area contributed by atoms with E-state index in [1.54, 1.807) is 0 Å². The van der Waals surface area contributed by atoms with Crippen molar-refractivity contribution in [1.82, 2.24) is 4.90 Å². The number of hydrogen-bond donors (Lipinski definition) is 1. The Bertz CT molecular complexity index is 427. The lowest BCUT2D eigenvalue weighted by Gasteiger charge is -2.26. The molecule has 0 bridgehead atoms. The molecule has 0 amide bonds. The van der Waals surface area contributed by atoms with Gasteiger partial charge in [0.25, 0.3) is 0 Å². The Kier molecular flexibility index (Phi) is 5.35. The molecule has 2 saturated heterocycles. The van der Waals surface area contributed by atoms with Crippen LogP contribution in [0.15, 0.2) is 24.3 Å². The highest BCUT2D eigenvalue weighted by atomic mass is 16.5. The van der Waals surface area contributed by atoms with E-state index in [0.717, 1.165) is 44.2 Å². The summed E-state index contributed by atoms with van der Waals surface area (Å²) in [5, 5.41) is 3.51. The number of ether oxygens (including phenoxy) is 2. The van der Waals surface area contributed by atoms with Crippen LogP contribution in [0.25, 0.3) is 0 Å². The molecule has 2 aliphatic rings. The molecule has 0 saturated carbocycles. The normalized spacial score (nSPS) is 23.1. The van der Waals surface area contributed by atoms with Crippen LogP contribution >= 0.6 is 0 Å². The highest BCUT2D eigenvalue weighted by Gasteiger charge is 2.15. The zero-order chi connectivity index (χ0) is 14.3. The van der Waals surface area contributed by atoms with E-state index < -0.39 is 0 Å². The summed E-state index contributed by atoms with van der Waals surface area (Å²) in [5.74, 6) is 0.955. The van der Waals surface area contributed by atoms with Crippen LogP contribution in [0.2, 0.25) is 0 Å². The fourth-order valence-electron chi connectivity index (χ4n) is 3.04. The van der Waals surface area contributed by atoms with Crippen LogP contribution < -0.4 is 10.1 Å². The topological polar surface area (TPSA) is 33.7 Å². The summed E-state index contributed by atoms with van der Waals surface area (Å²) in [6.07, 6.45) is 5.14. The molecule has 0 radical (unpaired) electrons. The van der Waals surface area contributed by atoms with Crippen molar-refractivity contribution in [2.75, 3.05) is 44.8 Å². The van der Waals surface area contributed by atoms with Gasteiger partial charge in [-0.2, -0.15) is 0 Å². The molecule has 4 nitrogen and oxygen atoms in total. The van der Waals surface area contributed by atoms with E-state index in [0.29, 0.717) is 6.04 Å². The molecule has 0 aromatic heterocycles. The zero-order valence-corrected chi connectivity index (χ0v) is 12.7. The molecule has 2 heterocycles. The van der Waals surface area contributed by atoms with Crippen molar-refractivity contribution in [3.05, 3.63) is 24.3 Å². The number of anilines is 1. The molecule has 1 atom stereocenters. The Morgan fingerprint density at radius 2 is 2.14 bits per heavy atom. The van der Waals surface area contributed by atoms with E-state index in [1.807, 2.05) is 12.1 Å². The second kappa shape index (κ2) is 7.66. The van der Waals surface area contributed by atoms with Gasteiger partial charge in [-0.3, -0.25) is 4.90 Å². The Morgan fingerprint density at radius 1 is 1.24 bits per heavy atom. The highest BCUT2D eigenvalue weighted by Crippen LogP contribution is 2.20. The fourth-order valence-corrected chi connectivity index (χ4v) is 3.04. The maximum atomic E-state index is 5.90. The predicted molar refractivity (Wildman–Crippen MR) is 85.1 cm³/mol. The van der Waals surface area contributed by atoms with Crippen LogP contribution in [0.4, 0.5) is 5.69 Å². The molecule has 1 N–H and O–H groups in total. The van der Waals surface area contributed by atoms with Crippen molar-refractivity contribution in [3.8, 4) is 5.75 Å². The monoisotopic (exact) mass is 290 g/mol. The first-order chi connectivity index (χ1) is 10.4. The first-order valence-corrected chi connectivity index (χ1v) is 8.20. The van der Waals surface area contributed by atoms with Crippen molar-refractivity contribution in [1.29, 1.82) is 0 Å². The van der Waals surface area contributed by atoms with Gasteiger partial charge in [0, 0.05) is 24.9 Å². The lowest BCUT2D eigenvalue weighted by Crippen LogP contribution is -2.33. The second-order valence-corrected chi connectivity index (χ2v) is 5.98. The number of likely N-dealkylation sites (tertiary alicyclic amines) is 1. The van der Waals surface area contributed by atoms with Crippen molar-refractivity contribution in [2.24, 2.45) is 0 Å². The molecule has 0 aliphatic carbocycles. The summed E-state index contributed by atoms with van der Waals surface area (Å²) in [7, 11) is 0. The highest BCUT2D eigenvalue weighted by molar-refractivity contribution is 5.49. The van der Waals surface area contributed by atoms with Gasteiger partial charge in [0.1, 0.15) is 12.4 Å². The zero-order valence-electron chi connectivity index (χ0n) is 12.7. The summed E-state index contributed by atoms with van der Waals surface area (Å²) in [4.78, 5) is 2.50. The summed E-state index contributed by atoms with van der Waals surface area (Å²) in [5.41, 5.74) is 1.13. The first-order valence-electron chi connectivity index (χ1n) is 8.20. The van der Waals surface area contributed by atoms with Gasteiger partial charge in [0.05, 0.1) is 12.6 Å². The van der Waals surface area contributed by atoms with Gasteiger partial charge in [0.2, 0.25) is 0 Å². The van der Waals surface area contributed by atoms with E-state index in [1.165, 1.54) is 32.4 Å². The maximum Gasteiger partial charge on any atom is 0.121 e. The van der Waals surface area contributed by atoms with E-state index in [4.69, 9.17) is 9.47 Å². The summed E-state index contributed by atoms with van der Waals surface area (Å²) in [6, 6.07) is 8.71.